The van der Waals surface area contributed by atoms with E-state index in [-0.39, 0.29) is 6.42 Å². The molecule has 0 radical (unpaired) electrons. The fourth-order valence-electron chi connectivity index (χ4n) is 1.22. The van der Waals surface area contributed by atoms with Gasteiger partial charge in [0.15, 0.2) is 0 Å². The predicted molar refractivity (Wildman–Crippen MR) is 58.5 cm³/mol. The van der Waals surface area contributed by atoms with E-state index in [0.717, 1.165) is 0 Å². The number of carboxylic acids is 1. The van der Waals surface area contributed by atoms with Crippen LogP contribution in [0.4, 0.5) is 4.39 Å². The van der Waals surface area contributed by atoms with E-state index >= 15 is 0 Å². The second kappa shape index (κ2) is 5.89. The van der Waals surface area contributed by atoms with Gasteiger partial charge in [-0.3, -0.25) is 4.79 Å². The van der Waals surface area contributed by atoms with E-state index < -0.39 is 11.8 Å². The van der Waals surface area contributed by atoms with E-state index in [0.29, 0.717) is 17.7 Å². The largest absolute Gasteiger partial charge is 0.481 e. The number of nitrogens with one attached hydrogen (secondary N) is 1. The summed E-state index contributed by atoms with van der Waals surface area (Å²) in [6.07, 6.45) is -0.221. The van der Waals surface area contributed by atoms with Gasteiger partial charge >= 0.3 is 5.97 Å². The van der Waals surface area contributed by atoms with Crippen molar-refractivity contribution in [3.8, 4) is 11.8 Å². The molecule has 1 aromatic rings. The summed E-state index contributed by atoms with van der Waals surface area (Å²) in [7, 11) is 1.76. The maximum atomic E-state index is 12.9. The van der Waals surface area contributed by atoms with Crippen LogP contribution in [0.1, 0.15) is 11.1 Å². The highest BCUT2D eigenvalue weighted by atomic mass is 19.1. The molecular weight excluding hydrogens is 209 g/mol. The van der Waals surface area contributed by atoms with Gasteiger partial charge in [-0.15, -0.1) is 0 Å². The molecule has 4 heteroatoms. The third kappa shape index (κ3) is 3.71. The van der Waals surface area contributed by atoms with Crippen molar-refractivity contribution in [2.24, 2.45) is 0 Å². The van der Waals surface area contributed by atoms with Crippen molar-refractivity contribution in [3.63, 3.8) is 0 Å². The van der Waals surface area contributed by atoms with E-state index in [1.165, 1.54) is 18.2 Å². The summed E-state index contributed by atoms with van der Waals surface area (Å²) in [5.41, 5.74) is 0.954. The highest BCUT2D eigenvalue weighted by Gasteiger charge is 2.06. The van der Waals surface area contributed by atoms with Gasteiger partial charge in [0.25, 0.3) is 0 Å². The first-order valence-corrected chi connectivity index (χ1v) is 4.77. The molecule has 16 heavy (non-hydrogen) atoms. The molecule has 0 amide bonds. The van der Waals surface area contributed by atoms with Crippen molar-refractivity contribution in [1.29, 1.82) is 0 Å². The van der Waals surface area contributed by atoms with Gasteiger partial charge in [-0.2, -0.15) is 0 Å². The zero-order valence-corrected chi connectivity index (χ0v) is 8.88. The first-order chi connectivity index (χ1) is 7.63. The maximum Gasteiger partial charge on any atom is 0.307 e. The summed E-state index contributed by atoms with van der Waals surface area (Å²) in [4.78, 5) is 10.6. The lowest BCUT2D eigenvalue weighted by Gasteiger charge is -2.01. The Morgan fingerprint density at radius 1 is 1.56 bits per heavy atom. The summed E-state index contributed by atoms with van der Waals surface area (Å²) in [5, 5.41) is 11.5. The third-order valence-corrected chi connectivity index (χ3v) is 1.90. The molecule has 1 rings (SSSR count). The van der Waals surface area contributed by atoms with Crippen LogP contribution in [0.2, 0.25) is 0 Å². The molecule has 0 fully saturated rings. The third-order valence-electron chi connectivity index (χ3n) is 1.90. The molecule has 0 aliphatic carbocycles. The van der Waals surface area contributed by atoms with Gasteiger partial charge in [-0.1, -0.05) is 11.8 Å². The lowest BCUT2D eigenvalue weighted by atomic mass is 10.0. The van der Waals surface area contributed by atoms with Gasteiger partial charge in [0, 0.05) is 5.56 Å². The minimum Gasteiger partial charge on any atom is -0.481 e. The number of carbonyl (C=O) groups is 1. The molecule has 0 aliphatic heterocycles. The van der Waals surface area contributed by atoms with E-state index in [1.54, 1.807) is 7.05 Å². The first kappa shape index (κ1) is 12.2. The lowest BCUT2D eigenvalue weighted by Crippen LogP contribution is -2.05. The highest BCUT2D eigenvalue weighted by molar-refractivity contribution is 5.71. The molecule has 84 valence electrons. The zero-order valence-electron chi connectivity index (χ0n) is 8.88. The minimum absolute atomic E-state index is 0.221. The van der Waals surface area contributed by atoms with Crippen molar-refractivity contribution in [2.45, 2.75) is 6.42 Å². The lowest BCUT2D eigenvalue weighted by molar-refractivity contribution is -0.136. The second-order valence-electron chi connectivity index (χ2n) is 3.20. The number of carboxylic acid groups (broad SMARTS) is 1. The molecule has 3 nitrogen and oxygen atoms in total. The zero-order chi connectivity index (χ0) is 12.0. The van der Waals surface area contributed by atoms with Crippen LogP contribution in [0.15, 0.2) is 18.2 Å². The van der Waals surface area contributed by atoms with E-state index in [2.05, 4.69) is 17.2 Å². The van der Waals surface area contributed by atoms with E-state index in [9.17, 15) is 9.18 Å². The minimum atomic E-state index is -0.998. The number of hydrogen-bond acceptors (Lipinski definition) is 2. The number of rotatable bonds is 3. The van der Waals surface area contributed by atoms with Crippen LogP contribution in [-0.4, -0.2) is 24.7 Å². The first-order valence-electron chi connectivity index (χ1n) is 4.77. The van der Waals surface area contributed by atoms with Crippen LogP contribution >= 0.6 is 0 Å². The van der Waals surface area contributed by atoms with E-state index in [1.807, 2.05) is 0 Å². The standard InChI is InChI=1S/C12H12FNO2/c1-14-6-2-3-9-4-5-11(13)7-10(9)8-12(15)16/h4-5,7,14H,6,8H2,1H3,(H,15,16). The molecule has 0 saturated heterocycles. The molecular formula is C12H12FNO2. The van der Waals surface area contributed by atoms with Crippen molar-refractivity contribution in [3.05, 3.63) is 35.1 Å². The van der Waals surface area contributed by atoms with Crippen molar-refractivity contribution in [2.75, 3.05) is 13.6 Å². The van der Waals surface area contributed by atoms with Gasteiger partial charge in [0.1, 0.15) is 5.82 Å². The Kier molecular flexibility index (Phi) is 4.49. The highest BCUT2D eigenvalue weighted by Crippen LogP contribution is 2.11. The smallest absolute Gasteiger partial charge is 0.307 e. The number of aliphatic carboxylic acids is 1. The van der Waals surface area contributed by atoms with Crippen molar-refractivity contribution in [1.82, 2.24) is 5.32 Å². The Hall–Kier alpha value is -1.86. The number of halogens is 1. The molecule has 0 aromatic heterocycles. The van der Waals surface area contributed by atoms with E-state index in [4.69, 9.17) is 5.11 Å². The maximum absolute atomic E-state index is 12.9. The average molecular weight is 221 g/mol. The molecule has 2 N–H and O–H groups in total. The summed E-state index contributed by atoms with van der Waals surface area (Å²) >= 11 is 0. The van der Waals surface area contributed by atoms with Gasteiger partial charge in [-0.25, -0.2) is 4.39 Å². The van der Waals surface area contributed by atoms with Crippen molar-refractivity contribution >= 4 is 5.97 Å². The van der Waals surface area contributed by atoms with Crippen molar-refractivity contribution < 1.29 is 14.3 Å². The van der Waals surface area contributed by atoms with Gasteiger partial charge in [-0.05, 0) is 30.8 Å². The fourth-order valence-corrected chi connectivity index (χ4v) is 1.22. The van der Waals surface area contributed by atoms with Gasteiger partial charge in [0.05, 0.1) is 13.0 Å². The Labute approximate surface area is 93.3 Å². The fraction of sp³-hybridized carbons (Fsp3) is 0.250. The average Bonchev–Trinajstić information content (AvgIpc) is 2.20. The number of benzene rings is 1. The molecule has 0 atom stereocenters. The Morgan fingerprint density at radius 2 is 2.31 bits per heavy atom. The summed E-state index contributed by atoms with van der Waals surface area (Å²) < 4.78 is 12.9. The van der Waals surface area contributed by atoms with Crippen LogP contribution in [-0.2, 0) is 11.2 Å². The van der Waals surface area contributed by atoms with Gasteiger partial charge < -0.3 is 10.4 Å². The Morgan fingerprint density at radius 3 is 2.94 bits per heavy atom. The molecule has 0 spiro atoms. The summed E-state index contributed by atoms with van der Waals surface area (Å²) in [5.74, 6) is 4.17. The van der Waals surface area contributed by atoms with Crippen LogP contribution in [0.5, 0.6) is 0 Å². The normalized spacial score (nSPS) is 9.38. The number of hydrogen-bond donors (Lipinski definition) is 2. The quantitative estimate of drug-likeness (QED) is 0.749. The molecule has 0 aliphatic rings. The molecule has 1 aromatic carbocycles. The topological polar surface area (TPSA) is 49.3 Å². The molecule has 0 bridgehead atoms. The van der Waals surface area contributed by atoms with Crippen LogP contribution in [0.3, 0.4) is 0 Å². The Balaban J connectivity index is 2.99. The monoisotopic (exact) mass is 221 g/mol. The van der Waals surface area contributed by atoms with Crippen LogP contribution in [0.25, 0.3) is 0 Å². The summed E-state index contributed by atoms with van der Waals surface area (Å²) in [6.45, 7) is 0.504. The molecule has 0 heterocycles. The van der Waals surface area contributed by atoms with Gasteiger partial charge in [0.2, 0.25) is 0 Å². The predicted octanol–water partition coefficient (Wildman–Crippen LogP) is 1.02. The SMILES string of the molecule is CNCC#Cc1ccc(F)cc1CC(=O)O. The molecule has 0 saturated carbocycles. The van der Waals surface area contributed by atoms with Crippen LogP contribution in [0, 0.1) is 17.7 Å². The Bertz CT molecular complexity index is 446. The second-order valence-corrected chi connectivity index (χ2v) is 3.20. The van der Waals surface area contributed by atoms with Crippen LogP contribution < -0.4 is 5.32 Å². The molecule has 0 unspecified atom stereocenters. The summed E-state index contributed by atoms with van der Waals surface area (Å²) in [6, 6.07) is 3.97.